The second-order valence-corrected chi connectivity index (χ2v) is 12.1. The number of ether oxygens (including phenoxy) is 4. The van der Waals surface area contributed by atoms with Crippen molar-refractivity contribution in [3.8, 4) is 0 Å². The zero-order valence-electron chi connectivity index (χ0n) is 23.8. The fourth-order valence-electron chi connectivity index (χ4n) is 5.84. The summed E-state index contributed by atoms with van der Waals surface area (Å²) in [5.74, 6) is -1.54. The number of imide groups is 1. The Morgan fingerprint density at radius 2 is 1.41 bits per heavy atom. The van der Waals surface area contributed by atoms with Crippen molar-refractivity contribution < 1.29 is 33.3 Å². The summed E-state index contributed by atoms with van der Waals surface area (Å²) in [6, 6.07) is 31.6. The number of benzene rings is 4. The molecule has 0 radical (unpaired) electrons. The van der Waals surface area contributed by atoms with Crippen molar-refractivity contribution in [2.75, 3.05) is 6.61 Å². The van der Waals surface area contributed by atoms with Crippen LogP contribution in [0.25, 0.3) is 0 Å². The van der Waals surface area contributed by atoms with Gasteiger partial charge in [0.25, 0.3) is 11.8 Å². The molecular weight excluding hydrogens is 578 g/mol. The largest absolute Gasteiger partial charge is 0.454 e. The van der Waals surface area contributed by atoms with Crippen molar-refractivity contribution >= 4 is 29.5 Å². The van der Waals surface area contributed by atoms with Crippen LogP contribution >= 0.6 is 11.8 Å². The highest BCUT2D eigenvalue weighted by molar-refractivity contribution is 7.99. The topological polar surface area (TPSA) is 91.4 Å². The molecule has 0 aliphatic carbocycles. The minimum Gasteiger partial charge on any atom is -0.454 e. The van der Waals surface area contributed by atoms with Gasteiger partial charge in [0, 0.05) is 10.5 Å². The van der Waals surface area contributed by atoms with Crippen molar-refractivity contribution in [3.63, 3.8) is 0 Å². The van der Waals surface area contributed by atoms with E-state index in [4.69, 9.17) is 18.9 Å². The van der Waals surface area contributed by atoms with Gasteiger partial charge in [-0.1, -0.05) is 90.1 Å². The molecule has 2 fully saturated rings. The number of amides is 2. The monoisotopic (exact) mass is 607 g/mol. The van der Waals surface area contributed by atoms with Crippen LogP contribution in [0.5, 0.6) is 0 Å². The summed E-state index contributed by atoms with van der Waals surface area (Å²) in [7, 11) is 0. The highest BCUT2D eigenvalue weighted by Gasteiger charge is 2.57. The summed E-state index contributed by atoms with van der Waals surface area (Å²) in [6.45, 7) is 2.15. The van der Waals surface area contributed by atoms with Gasteiger partial charge in [-0.05, 0) is 43.3 Å². The fourth-order valence-corrected chi connectivity index (χ4v) is 7.01. The highest BCUT2D eigenvalue weighted by Crippen LogP contribution is 2.43. The number of hydrogen-bond donors (Lipinski definition) is 0. The van der Waals surface area contributed by atoms with Gasteiger partial charge in [-0.2, -0.15) is 0 Å². The van der Waals surface area contributed by atoms with Crippen LogP contribution in [-0.4, -0.2) is 59.1 Å². The fraction of sp³-hybridized carbons (Fsp3) is 0.229. The Kier molecular flexibility index (Phi) is 7.78. The molecule has 4 aromatic rings. The van der Waals surface area contributed by atoms with Crippen LogP contribution in [0.15, 0.2) is 114 Å². The molecule has 0 spiro atoms. The van der Waals surface area contributed by atoms with E-state index in [1.165, 1.54) is 16.7 Å². The zero-order chi connectivity index (χ0) is 30.2. The lowest BCUT2D eigenvalue weighted by molar-refractivity contribution is -0.309. The van der Waals surface area contributed by atoms with E-state index in [2.05, 4.69) is 0 Å². The minimum absolute atomic E-state index is 0.156. The van der Waals surface area contributed by atoms with Gasteiger partial charge in [0.2, 0.25) is 0 Å². The lowest BCUT2D eigenvalue weighted by atomic mass is 9.95. The number of thioether (sulfide) groups is 1. The molecule has 0 bridgehead atoms. The van der Waals surface area contributed by atoms with Gasteiger partial charge in [0.1, 0.15) is 23.7 Å². The van der Waals surface area contributed by atoms with Crippen LogP contribution in [0.3, 0.4) is 0 Å². The average molecular weight is 608 g/mol. The van der Waals surface area contributed by atoms with Crippen LogP contribution in [0.2, 0.25) is 0 Å². The summed E-state index contributed by atoms with van der Waals surface area (Å²) in [5.41, 5.74) is 2.00. The number of rotatable bonds is 6. The Balaban J connectivity index is 1.31. The molecule has 0 aromatic heterocycles. The molecule has 7 rings (SSSR count). The molecule has 9 heteroatoms. The molecule has 4 aromatic carbocycles. The van der Waals surface area contributed by atoms with Gasteiger partial charge in [-0.15, -0.1) is 0 Å². The van der Waals surface area contributed by atoms with Gasteiger partial charge in [-0.3, -0.25) is 14.5 Å². The Morgan fingerprint density at radius 3 is 2.07 bits per heavy atom. The quantitative estimate of drug-likeness (QED) is 0.200. The number of esters is 1. The van der Waals surface area contributed by atoms with Crippen molar-refractivity contribution in [2.24, 2.45) is 0 Å². The van der Waals surface area contributed by atoms with Crippen molar-refractivity contribution in [3.05, 3.63) is 137 Å². The Labute approximate surface area is 258 Å². The van der Waals surface area contributed by atoms with Gasteiger partial charge in [-0.25, -0.2) is 4.79 Å². The smallest absolute Gasteiger partial charge is 0.338 e. The van der Waals surface area contributed by atoms with E-state index in [-0.39, 0.29) is 6.61 Å². The van der Waals surface area contributed by atoms with Crippen molar-refractivity contribution in [2.45, 2.75) is 47.9 Å². The van der Waals surface area contributed by atoms with E-state index in [0.29, 0.717) is 16.7 Å². The first-order valence-corrected chi connectivity index (χ1v) is 15.3. The number of carbonyl (C=O) groups is 3. The third kappa shape index (κ3) is 5.33. The Morgan fingerprint density at radius 1 is 0.795 bits per heavy atom. The summed E-state index contributed by atoms with van der Waals surface area (Å²) >= 11 is 1.36. The van der Waals surface area contributed by atoms with E-state index >= 15 is 0 Å². The summed E-state index contributed by atoms with van der Waals surface area (Å²) < 4.78 is 25.5. The van der Waals surface area contributed by atoms with Crippen LogP contribution in [-0.2, 0) is 18.9 Å². The lowest BCUT2D eigenvalue weighted by Crippen LogP contribution is -2.67. The van der Waals surface area contributed by atoms with E-state index in [9.17, 15) is 14.4 Å². The third-order valence-corrected chi connectivity index (χ3v) is 9.19. The molecule has 8 nitrogen and oxygen atoms in total. The van der Waals surface area contributed by atoms with Gasteiger partial charge in [0.05, 0.1) is 23.3 Å². The number of fused-ring (bicyclic) bond motifs is 2. The zero-order valence-corrected chi connectivity index (χ0v) is 24.6. The maximum absolute atomic E-state index is 13.9. The van der Waals surface area contributed by atoms with Crippen LogP contribution < -0.4 is 0 Å². The maximum Gasteiger partial charge on any atom is 0.338 e. The molecular formula is C35H29NO7S. The Bertz CT molecular complexity index is 1650. The standard InChI is InChI=1S/C35H29NO7S/c1-21-16-18-24(19-17-21)44-35-28(36-31(37)25-14-8-9-15-26(25)32(36)38)30(42-33(39)22-10-4-2-5-11-22)29-27(41-35)20-40-34(43-29)23-12-6-3-7-13-23/h2-19,27-30,34-35H,20H2,1H3/t27-,28-,29-,30-,34?,35+/m1/s1. The Hall–Kier alpha value is -4.28. The number of nitrogens with zero attached hydrogens (tertiary/aromatic N) is 1. The molecule has 1 unspecified atom stereocenters. The predicted molar refractivity (Wildman–Crippen MR) is 162 cm³/mol. The van der Waals surface area contributed by atoms with Crippen LogP contribution in [0.1, 0.15) is 48.5 Å². The molecule has 44 heavy (non-hydrogen) atoms. The van der Waals surface area contributed by atoms with E-state index in [1.807, 2.05) is 67.6 Å². The van der Waals surface area contributed by atoms with Gasteiger partial charge < -0.3 is 18.9 Å². The first kappa shape index (κ1) is 28.5. The van der Waals surface area contributed by atoms with Crippen molar-refractivity contribution in [1.82, 2.24) is 4.90 Å². The number of carbonyl (C=O) groups excluding carboxylic acids is 3. The van der Waals surface area contributed by atoms with E-state index < -0.39 is 53.9 Å². The molecule has 3 aliphatic heterocycles. The lowest BCUT2D eigenvalue weighted by Gasteiger charge is -2.50. The summed E-state index contributed by atoms with van der Waals surface area (Å²) in [4.78, 5) is 43.6. The predicted octanol–water partition coefficient (Wildman–Crippen LogP) is 5.82. The highest BCUT2D eigenvalue weighted by atomic mass is 32.2. The first-order valence-electron chi connectivity index (χ1n) is 14.4. The molecule has 3 aliphatic rings. The third-order valence-electron chi connectivity index (χ3n) is 8.03. The molecule has 6 atom stereocenters. The first-order chi connectivity index (χ1) is 21.5. The van der Waals surface area contributed by atoms with E-state index in [1.54, 1.807) is 48.5 Å². The van der Waals surface area contributed by atoms with Crippen LogP contribution in [0.4, 0.5) is 0 Å². The average Bonchev–Trinajstić information content (AvgIpc) is 3.31. The molecule has 0 saturated carbocycles. The molecule has 2 amide bonds. The van der Waals surface area contributed by atoms with Crippen molar-refractivity contribution in [1.29, 1.82) is 0 Å². The van der Waals surface area contributed by atoms with E-state index in [0.717, 1.165) is 16.0 Å². The SMILES string of the molecule is Cc1ccc(S[C@@H]2O[C@@H]3COC(c4ccccc4)O[C@H]3[C@H](OC(=O)c3ccccc3)[C@H]2N2C(=O)c3ccccc3C2=O)cc1. The number of hydrogen-bond acceptors (Lipinski definition) is 8. The second-order valence-electron chi connectivity index (χ2n) is 10.9. The van der Waals surface area contributed by atoms with Gasteiger partial charge in [0.15, 0.2) is 12.4 Å². The van der Waals surface area contributed by atoms with Crippen LogP contribution in [0, 0.1) is 6.92 Å². The summed E-state index contributed by atoms with van der Waals surface area (Å²) in [5, 5.41) is 0. The molecule has 222 valence electrons. The minimum atomic E-state index is -1.07. The molecule has 2 saturated heterocycles. The number of aryl methyl sites for hydroxylation is 1. The maximum atomic E-state index is 13.9. The van der Waals surface area contributed by atoms with Gasteiger partial charge >= 0.3 is 5.97 Å². The molecule has 0 N–H and O–H groups in total. The second kappa shape index (κ2) is 12.0. The summed E-state index contributed by atoms with van der Waals surface area (Å²) in [6.07, 6.45) is -3.31. The molecule has 3 heterocycles. The normalized spacial score (nSPS) is 26.2.